The zero-order valence-corrected chi connectivity index (χ0v) is 22.9. The number of sulfonamides is 1. The van der Waals surface area contributed by atoms with Crippen molar-refractivity contribution in [3.05, 3.63) is 76.8 Å². The van der Waals surface area contributed by atoms with E-state index >= 15 is 0 Å². The van der Waals surface area contributed by atoms with Gasteiger partial charge in [0.05, 0.1) is 31.9 Å². The highest BCUT2D eigenvalue weighted by Gasteiger charge is 2.29. The van der Waals surface area contributed by atoms with Gasteiger partial charge >= 0.3 is 0 Å². The summed E-state index contributed by atoms with van der Waals surface area (Å²) in [6.45, 7) is 1.78. The number of amides is 1. The molecular formula is C27H31ClN2O6S. The maximum Gasteiger partial charge on any atom is 0.264 e. The van der Waals surface area contributed by atoms with Gasteiger partial charge in [-0.3, -0.25) is 9.10 Å². The number of methoxy groups -OCH3 is 3. The van der Waals surface area contributed by atoms with E-state index in [-0.39, 0.29) is 16.3 Å². The van der Waals surface area contributed by atoms with Crippen LogP contribution in [0.2, 0.25) is 5.02 Å². The number of hydrogen-bond acceptors (Lipinski definition) is 6. The van der Waals surface area contributed by atoms with Gasteiger partial charge in [0, 0.05) is 11.6 Å². The van der Waals surface area contributed by atoms with Crippen molar-refractivity contribution in [2.24, 2.45) is 0 Å². The predicted octanol–water partition coefficient (Wildman–Crippen LogP) is 4.62. The van der Waals surface area contributed by atoms with Crippen molar-refractivity contribution < 1.29 is 27.4 Å². The lowest BCUT2D eigenvalue weighted by Gasteiger charge is -2.26. The molecular weight excluding hydrogens is 516 g/mol. The Hall–Kier alpha value is -3.43. The lowest BCUT2D eigenvalue weighted by atomic mass is 10.1. The quantitative estimate of drug-likeness (QED) is 0.333. The van der Waals surface area contributed by atoms with E-state index in [0.717, 1.165) is 15.4 Å². The van der Waals surface area contributed by atoms with Crippen LogP contribution in [0.3, 0.4) is 0 Å². The molecule has 0 aliphatic rings. The molecule has 0 aliphatic carbocycles. The van der Waals surface area contributed by atoms with Crippen LogP contribution in [-0.2, 0) is 21.2 Å². The number of carbonyl (C=O) groups excluding carboxylic acids is 1. The number of aryl methyl sites for hydroxylation is 2. The summed E-state index contributed by atoms with van der Waals surface area (Å²) >= 11 is 6.18. The van der Waals surface area contributed by atoms with E-state index in [1.54, 1.807) is 38.5 Å². The van der Waals surface area contributed by atoms with Gasteiger partial charge in [-0.2, -0.15) is 0 Å². The van der Waals surface area contributed by atoms with Gasteiger partial charge in [0.25, 0.3) is 10.0 Å². The van der Waals surface area contributed by atoms with Gasteiger partial charge in [0.15, 0.2) is 11.5 Å². The molecule has 1 amide bonds. The van der Waals surface area contributed by atoms with Crippen molar-refractivity contribution in [3.8, 4) is 17.2 Å². The minimum Gasteiger partial charge on any atom is -0.495 e. The third-order valence-electron chi connectivity index (χ3n) is 5.72. The Labute approximate surface area is 223 Å². The van der Waals surface area contributed by atoms with Crippen molar-refractivity contribution >= 4 is 33.2 Å². The summed E-state index contributed by atoms with van der Waals surface area (Å²) in [5.74, 6) is 1.11. The van der Waals surface area contributed by atoms with Crippen LogP contribution in [0, 0.1) is 6.92 Å². The highest BCUT2D eigenvalue weighted by molar-refractivity contribution is 7.92. The molecule has 0 bridgehead atoms. The first-order chi connectivity index (χ1) is 17.7. The highest BCUT2D eigenvalue weighted by atomic mass is 35.5. The first-order valence-corrected chi connectivity index (χ1v) is 13.4. The lowest BCUT2D eigenvalue weighted by molar-refractivity contribution is -0.119. The molecule has 0 radical (unpaired) electrons. The number of rotatable bonds is 12. The average molecular weight is 547 g/mol. The first-order valence-electron chi connectivity index (χ1n) is 11.6. The van der Waals surface area contributed by atoms with E-state index < -0.39 is 22.5 Å². The Kier molecular flexibility index (Phi) is 9.66. The van der Waals surface area contributed by atoms with E-state index in [9.17, 15) is 13.2 Å². The standard InChI is InChI=1S/C27H31ClN2O6S/c1-19-7-11-22(12-8-19)37(32,33)30(23-17-21(28)10-14-24(23)34-2)18-27(31)29-15-5-6-20-9-13-25(35-3)26(16-20)36-4/h7-14,16-17H,5-6,15,18H2,1-4H3,(H,29,31). The lowest BCUT2D eigenvalue weighted by Crippen LogP contribution is -2.41. The fraction of sp³-hybridized carbons (Fsp3) is 0.296. The molecule has 0 atom stereocenters. The molecule has 3 aromatic rings. The van der Waals surface area contributed by atoms with Crippen LogP contribution in [-0.4, -0.2) is 48.7 Å². The highest BCUT2D eigenvalue weighted by Crippen LogP contribution is 2.35. The maximum absolute atomic E-state index is 13.6. The van der Waals surface area contributed by atoms with Gasteiger partial charge in [-0.15, -0.1) is 0 Å². The number of nitrogens with one attached hydrogen (secondary N) is 1. The van der Waals surface area contributed by atoms with Crippen molar-refractivity contribution in [1.29, 1.82) is 0 Å². The number of halogens is 1. The molecule has 198 valence electrons. The Balaban J connectivity index is 1.75. The summed E-state index contributed by atoms with van der Waals surface area (Å²) < 4.78 is 44.2. The SMILES string of the molecule is COc1ccc(CCCNC(=O)CN(c2cc(Cl)ccc2OC)S(=O)(=O)c2ccc(C)cc2)cc1OC. The molecule has 0 unspecified atom stereocenters. The number of ether oxygens (including phenoxy) is 3. The van der Waals surface area contributed by atoms with Crippen LogP contribution in [0.5, 0.6) is 17.2 Å². The average Bonchev–Trinajstić information content (AvgIpc) is 2.89. The summed E-state index contributed by atoms with van der Waals surface area (Å²) in [6, 6.07) is 16.7. The number of anilines is 1. The van der Waals surface area contributed by atoms with Gasteiger partial charge in [-0.25, -0.2) is 8.42 Å². The molecule has 37 heavy (non-hydrogen) atoms. The number of hydrogen-bond donors (Lipinski definition) is 1. The third-order valence-corrected chi connectivity index (χ3v) is 7.73. The zero-order chi connectivity index (χ0) is 27.0. The zero-order valence-electron chi connectivity index (χ0n) is 21.3. The van der Waals surface area contributed by atoms with Crippen LogP contribution in [0.1, 0.15) is 17.5 Å². The molecule has 10 heteroatoms. The van der Waals surface area contributed by atoms with E-state index in [1.165, 1.54) is 25.3 Å². The predicted molar refractivity (Wildman–Crippen MR) is 145 cm³/mol. The summed E-state index contributed by atoms with van der Waals surface area (Å²) in [6.07, 6.45) is 1.33. The minimum absolute atomic E-state index is 0.0568. The van der Waals surface area contributed by atoms with Crippen LogP contribution >= 0.6 is 11.6 Å². The maximum atomic E-state index is 13.6. The van der Waals surface area contributed by atoms with Gasteiger partial charge in [0.2, 0.25) is 5.91 Å². The van der Waals surface area contributed by atoms with Crippen LogP contribution in [0.4, 0.5) is 5.69 Å². The molecule has 0 spiro atoms. The Bertz CT molecular complexity index is 1330. The first kappa shape index (κ1) is 28.1. The second-order valence-corrected chi connectivity index (χ2v) is 10.6. The molecule has 0 aromatic heterocycles. The van der Waals surface area contributed by atoms with Gasteiger partial charge < -0.3 is 19.5 Å². The van der Waals surface area contributed by atoms with E-state index in [0.29, 0.717) is 35.9 Å². The van der Waals surface area contributed by atoms with Crippen molar-refractivity contribution in [2.45, 2.75) is 24.7 Å². The molecule has 1 N–H and O–H groups in total. The molecule has 3 aromatic carbocycles. The van der Waals surface area contributed by atoms with E-state index in [2.05, 4.69) is 5.32 Å². The van der Waals surface area contributed by atoms with Gasteiger partial charge in [-0.1, -0.05) is 35.4 Å². The van der Waals surface area contributed by atoms with Gasteiger partial charge in [0.1, 0.15) is 12.3 Å². The molecule has 3 rings (SSSR count). The Morgan fingerprint density at radius 3 is 2.19 bits per heavy atom. The topological polar surface area (TPSA) is 94.2 Å². The molecule has 0 heterocycles. The summed E-state index contributed by atoms with van der Waals surface area (Å²) in [5, 5.41) is 3.13. The summed E-state index contributed by atoms with van der Waals surface area (Å²) in [4.78, 5) is 13.0. The molecule has 0 saturated heterocycles. The van der Waals surface area contributed by atoms with Crippen molar-refractivity contribution in [1.82, 2.24) is 5.32 Å². The second kappa shape index (κ2) is 12.7. The monoisotopic (exact) mass is 546 g/mol. The number of nitrogens with zero attached hydrogens (tertiary/aromatic N) is 1. The summed E-state index contributed by atoms with van der Waals surface area (Å²) in [5.41, 5.74) is 2.12. The van der Waals surface area contributed by atoms with Crippen molar-refractivity contribution in [3.63, 3.8) is 0 Å². The normalized spacial score (nSPS) is 11.1. The van der Waals surface area contributed by atoms with E-state index in [4.69, 9.17) is 25.8 Å². The fourth-order valence-electron chi connectivity index (χ4n) is 3.74. The number of benzene rings is 3. The van der Waals surface area contributed by atoms with Gasteiger partial charge in [-0.05, 0) is 67.8 Å². The molecule has 0 fully saturated rings. The van der Waals surface area contributed by atoms with Crippen LogP contribution < -0.4 is 23.8 Å². The van der Waals surface area contributed by atoms with E-state index in [1.807, 2.05) is 25.1 Å². The smallest absolute Gasteiger partial charge is 0.264 e. The Morgan fingerprint density at radius 1 is 0.892 bits per heavy atom. The van der Waals surface area contributed by atoms with Crippen LogP contribution in [0.25, 0.3) is 0 Å². The molecule has 0 saturated carbocycles. The fourth-order valence-corrected chi connectivity index (χ4v) is 5.33. The minimum atomic E-state index is -4.10. The second-order valence-electron chi connectivity index (χ2n) is 8.28. The largest absolute Gasteiger partial charge is 0.495 e. The number of carbonyl (C=O) groups is 1. The molecule has 8 nitrogen and oxygen atoms in total. The molecule has 0 aliphatic heterocycles. The third kappa shape index (κ3) is 7.08. The van der Waals surface area contributed by atoms with Crippen LogP contribution in [0.15, 0.2) is 65.6 Å². The summed E-state index contributed by atoms with van der Waals surface area (Å²) in [7, 11) is 0.487. The van der Waals surface area contributed by atoms with Crippen molar-refractivity contribution in [2.75, 3.05) is 38.7 Å². The Morgan fingerprint density at radius 2 is 1.54 bits per heavy atom.